The maximum atomic E-state index is 11.1. The molecule has 1 aliphatic heterocycles. The van der Waals surface area contributed by atoms with Gasteiger partial charge in [-0.05, 0) is 6.42 Å². The van der Waals surface area contributed by atoms with Gasteiger partial charge in [0.1, 0.15) is 11.3 Å². The van der Waals surface area contributed by atoms with Crippen molar-refractivity contribution in [2.75, 3.05) is 18.0 Å². The summed E-state index contributed by atoms with van der Waals surface area (Å²) in [5, 5.41) is 0.198. The van der Waals surface area contributed by atoms with E-state index in [1.807, 2.05) is 4.90 Å². The molecule has 0 bridgehead atoms. The fraction of sp³-hybridized carbons (Fsp3) is 0.444. The maximum Gasteiger partial charge on any atom is 0.269 e. The summed E-state index contributed by atoms with van der Waals surface area (Å²) in [6.45, 7) is 1.45. The number of rotatable bonds is 2. The molecule has 16 heavy (non-hydrogen) atoms. The van der Waals surface area contributed by atoms with Crippen LogP contribution in [0.4, 0.5) is 5.82 Å². The maximum absolute atomic E-state index is 11.1. The van der Waals surface area contributed by atoms with Gasteiger partial charge in [-0.15, -0.1) is 0 Å². The fourth-order valence-corrected chi connectivity index (χ4v) is 2.04. The predicted octanol–water partition coefficient (Wildman–Crippen LogP) is -0.234. The Balaban J connectivity index is 2.34. The first-order chi connectivity index (χ1) is 7.59. The highest BCUT2D eigenvalue weighted by molar-refractivity contribution is 6.35. The summed E-state index contributed by atoms with van der Waals surface area (Å²) < 4.78 is 0. The summed E-state index contributed by atoms with van der Waals surface area (Å²) >= 11 is 6.02. The van der Waals surface area contributed by atoms with Crippen LogP contribution < -0.4 is 16.4 Å². The average Bonchev–Trinajstić information content (AvgIpc) is 2.64. The zero-order chi connectivity index (χ0) is 11.7. The second-order valence-electron chi connectivity index (χ2n) is 3.72. The van der Waals surface area contributed by atoms with Crippen molar-refractivity contribution >= 4 is 23.3 Å². The van der Waals surface area contributed by atoms with Crippen molar-refractivity contribution in [1.29, 1.82) is 0 Å². The molecule has 1 saturated heterocycles. The van der Waals surface area contributed by atoms with Crippen molar-refractivity contribution in [3.05, 3.63) is 17.0 Å². The normalized spacial score (nSPS) is 20.1. The molecule has 1 aromatic heterocycles. The van der Waals surface area contributed by atoms with Crippen LogP contribution in [0, 0.1) is 0 Å². The number of hydrogen-bond donors (Lipinski definition) is 2. The second-order valence-corrected chi connectivity index (χ2v) is 4.10. The van der Waals surface area contributed by atoms with E-state index in [0.29, 0.717) is 12.4 Å². The Morgan fingerprint density at radius 3 is 2.88 bits per heavy atom. The van der Waals surface area contributed by atoms with Crippen LogP contribution in [0.1, 0.15) is 16.9 Å². The number of amides is 1. The van der Waals surface area contributed by atoms with Crippen molar-refractivity contribution in [3.63, 3.8) is 0 Å². The fourth-order valence-electron chi connectivity index (χ4n) is 1.73. The Labute approximate surface area is 97.6 Å². The number of primary amides is 1. The molecule has 2 rings (SSSR count). The highest BCUT2D eigenvalue weighted by Crippen LogP contribution is 2.27. The molecule has 0 aliphatic carbocycles. The third-order valence-corrected chi connectivity index (χ3v) is 2.88. The van der Waals surface area contributed by atoms with Gasteiger partial charge in [-0.1, -0.05) is 11.6 Å². The van der Waals surface area contributed by atoms with Crippen LogP contribution in [0.15, 0.2) is 6.33 Å². The number of anilines is 1. The molecule has 6 nitrogen and oxygen atoms in total. The molecule has 0 aromatic carbocycles. The monoisotopic (exact) mass is 241 g/mol. The average molecular weight is 242 g/mol. The lowest BCUT2D eigenvalue weighted by Crippen LogP contribution is -2.27. The van der Waals surface area contributed by atoms with Gasteiger partial charge in [0.25, 0.3) is 5.91 Å². The summed E-state index contributed by atoms with van der Waals surface area (Å²) in [6, 6.07) is 0.114. The van der Waals surface area contributed by atoms with E-state index in [1.165, 1.54) is 6.33 Å². The van der Waals surface area contributed by atoms with E-state index in [4.69, 9.17) is 23.1 Å². The number of carbonyl (C=O) groups is 1. The number of hydrogen-bond acceptors (Lipinski definition) is 5. The van der Waals surface area contributed by atoms with E-state index < -0.39 is 5.91 Å². The summed E-state index contributed by atoms with van der Waals surface area (Å²) in [5.41, 5.74) is 11.0. The van der Waals surface area contributed by atoms with E-state index in [2.05, 4.69) is 9.97 Å². The van der Waals surface area contributed by atoms with Crippen molar-refractivity contribution in [1.82, 2.24) is 9.97 Å². The smallest absolute Gasteiger partial charge is 0.269 e. The first-order valence-electron chi connectivity index (χ1n) is 4.90. The minimum atomic E-state index is -0.655. The highest BCUT2D eigenvalue weighted by atomic mass is 35.5. The molecule has 4 N–H and O–H groups in total. The van der Waals surface area contributed by atoms with Gasteiger partial charge < -0.3 is 16.4 Å². The SMILES string of the molecule is NC(=O)c1ncnc(N2CCC(N)C2)c1Cl. The zero-order valence-corrected chi connectivity index (χ0v) is 9.31. The molecule has 1 aromatic rings. The number of nitrogens with two attached hydrogens (primary N) is 2. The Morgan fingerprint density at radius 2 is 2.31 bits per heavy atom. The van der Waals surface area contributed by atoms with E-state index in [-0.39, 0.29) is 16.8 Å². The molecule has 1 fully saturated rings. The lowest BCUT2D eigenvalue weighted by atomic mass is 10.3. The van der Waals surface area contributed by atoms with Gasteiger partial charge >= 0.3 is 0 Å². The molecule has 1 amide bonds. The van der Waals surface area contributed by atoms with Crippen LogP contribution in [-0.2, 0) is 0 Å². The van der Waals surface area contributed by atoms with Gasteiger partial charge in [0, 0.05) is 19.1 Å². The zero-order valence-electron chi connectivity index (χ0n) is 8.56. The van der Waals surface area contributed by atoms with Crippen LogP contribution in [0.2, 0.25) is 5.02 Å². The summed E-state index contributed by atoms with van der Waals surface area (Å²) in [7, 11) is 0. The highest BCUT2D eigenvalue weighted by Gasteiger charge is 2.24. The van der Waals surface area contributed by atoms with Crippen LogP contribution in [0.3, 0.4) is 0 Å². The molecule has 1 unspecified atom stereocenters. The Hall–Kier alpha value is -1.40. The topological polar surface area (TPSA) is 98.1 Å². The number of nitrogens with zero attached hydrogens (tertiary/aromatic N) is 3. The molecule has 0 radical (unpaired) electrons. The lowest BCUT2D eigenvalue weighted by Gasteiger charge is -2.18. The summed E-state index contributed by atoms with van der Waals surface area (Å²) in [4.78, 5) is 20.8. The first-order valence-corrected chi connectivity index (χ1v) is 5.28. The standard InChI is InChI=1S/C9H12ClN5O/c10-6-7(8(12)16)13-4-14-9(6)15-2-1-5(11)3-15/h4-5H,1-3,11H2,(H2,12,16). The first kappa shape index (κ1) is 11.1. The minimum absolute atomic E-state index is 0.0483. The van der Waals surface area contributed by atoms with Crippen molar-refractivity contribution in [2.45, 2.75) is 12.5 Å². The Morgan fingerprint density at radius 1 is 1.56 bits per heavy atom. The van der Waals surface area contributed by atoms with Crippen LogP contribution in [0.25, 0.3) is 0 Å². The van der Waals surface area contributed by atoms with Gasteiger partial charge in [-0.3, -0.25) is 4.79 Å². The van der Waals surface area contributed by atoms with Gasteiger partial charge in [-0.2, -0.15) is 0 Å². The molecule has 1 aliphatic rings. The summed E-state index contributed by atoms with van der Waals surface area (Å²) in [6.07, 6.45) is 2.16. The van der Waals surface area contributed by atoms with Gasteiger partial charge in [0.05, 0.1) is 0 Å². The second kappa shape index (κ2) is 4.23. The van der Waals surface area contributed by atoms with Gasteiger partial charge in [0.2, 0.25) is 0 Å². The van der Waals surface area contributed by atoms with Gasteiger partial charge in [0.15, 0.2) is 11.5 Å². The van der Waals surface area contributed by atoms with Crippen LogP contribution in [-0.4, -0.2) is 35.0 Å². The lowest BCUT2D eigenvalue weighted by molar-refractivity contribution is 0.0995. The minimum Gasteiger partial charge on any atom is -0.364 e. The van der Waals surface area contributed by atoms with Crippen molar-refractivity contribution in [3.8, 4) is 0 Å². The molecule has 0 saturated carbocycles. The van der Waals surface area contributed by atoms with E-state index >= 15 is 0 Å². The molecular weight excluding hydrogens is 230 g/mol. The molecule has 7 heteroatoms. The van der Waals surface area contributed by atoms with E-state index in [0.717, 1.165) is 13.0 Å². The number of aromatic nitrogens is 2. The molecule has 86 valence electrons. The predicted molar refractivity (Wildman–Crippen MR) is 60.4 cm³/mol. The van der Waals surface area contributed by atoms with Crippen molar-refractivity contribution in [2.24, 2.45) is 11.5 Å². The van der Waals surface area contributed by atoms with Crippen LogP contribution >= 0.6 is 11.6 Å². The third kappa shape index (κ3) is 1.94. The van der Waals surface area contributed by atoms with Crippen molar-refractivity contribution < 1.29 is 4.79 Å². The molecule has 1 atom stereocenters. The Kier molecular flexibility index (Phi) is 2.93. The number of halogens is 1. The van der Waals surface area contributed by atoms with E-state index in [1.54, 1.807) is 0 Å². The van der Waals surface area contributed by atoms with Gasteiger partial charge in [-0.25, -0.2) is 9.97 Å². The van der Waals surface area contributed by atoms with Crippen LogP contribution in [0.5, 0.6) is 0 Å². The Bertz CT molecular complexity index is 424. The third-order valence-electron chi connectivity index (χ3n) is 2.53. The summed E-state index contributed by atoms with van der Waals surface area (Å²) in [5.74, 6) is -0.129. The molecule has 2 heterocycles. The largest absolute Gasteiger partial charge is 0.364 e. The molecule has 0 spiro atoms. The molecular formula is C9H12ClN5O. The van der Waals surface area contributed by atoms with E-state index in [9.17, 15) is 4.79 Å². The number of carbonyl (C=O) groups excluding carboxylic acids is 1. The quantitative estimate of drug-likeness (QED) is 0.745.